The van der Waals surface area contributed by atoms with Crippen LogP contribution >= 0.6 is 50.2 Å². The molecular formula is C108H172Cl2O5P4Ru+2. The first-order chi connectivity index (χ1) is 57.1. The third-order valence-corrected chi connectivity index (χ3v) is 43.9. The third-order valence-electron chi connectivity index (χ3n) is 30.7. The first kappa shape index (κ1) is 105. The van der Waals surface area contributed by atoms with Crippen LogP contribution in [0.15, 0.2) is 98.2 Å². The number of hydrogen-bond donors (Lipinski definition) is 0. The number of carbonyl (C=O) groups excluding carboxylic acids is 3. The number of unbranched alkanes of at least 4 members (excludes halogenated alkanes) is 2. The molecule has 0 aliphatic heterocycles. The number of aryl methyl sites for hydroxylation is 9. The summed E-state index contributed by atoms with van der Waals surface area (Å²) in [5.74, 6) is 7.33. The van der Waals surface area contributed by atoms with Gasteiger partial charge in [0, 0.05) is 33.1 Å². The van der Waals surface area contributed by atoms with Gasteiger partial charge in [0.05, 0.1) is 39.5 Å². The van der Waals surface area contributed by atoms with Crippen LogP contribution in [0.3, 0.4) is 0 Å². The van der Waals surface area contributed by atoms with Crippen LogP contribution < -0.4 is 0 Å². The number of allylic oxidation sites excluding steroid dienone is 8. The molecule has 4 bridgehead atoms. The van der Waals surface area contributed by atoms with Crippen molar-refractivity contribution in [2.45, 2.75) is 413 Å². The van der Waals surface area contributed by atoms with Crippen molar-refractivity contribution in [3.63, 3.8) is 0 Å². The quantitative estimate of drug-likeness (QED) is 0.0263. The van der Waals surface area contributed by atoms with Crippen molar-refractivity contribution in [3.05, 3.63) is 172 Å². The Morgan fingerprint density at radius 3 is 1.09 bits per heavy atom. The topological polar surface area (TPSA) is 85.3 Å². The summed E-state index contributed by atoms with van der Waals surface area (Å²) in [4.78, 5) is 41.0. The van der Waals surface area contributed by atoms with E-state index in [0.717, 1.165) is 118 Å². The second-order valence-corrected chi connectivity index (χ2v) is 53.3. The number of rotatable bonds is 26. The molecule has 0 spiro atoms. The molecule has 0 saturated heterocycles. The molecule has 12 heteroatoms. The Kier molecular flexibility index (Phi) is 48.0. The Morgan fingerprint density at radius 1 is 0.417 bits per heavy atom. The van der Waals surface area contributed by atoms with Crippen LogP contribution in [0, 0.1) is 128 Å². The number of carbonyl (C=O) groups is 3. The summed E-state index contributed by atoms with van der Waals surface area (Å²) in [5.41, 5.74) is 16.1. The van der Waals surface area contributed by atoms with Crippen molar-refractivity contribution in [2.75, 3.05) is 12.3 Å². The van der Waals surface area contributed by atoms with Crippen LogP contribution in [0.25, 0.3) is 0 Å². The van der Waals surface area contributed by atoms with Gasteiger partial charge in [-0.1, -0.05) is 166 Å². The molecule has 0 radical (unpaired) electrons. The summed E-state index contributed by atoms with van der Waals surface area (Å²) in [7, 11) is 3.90. The van der Waals surface area contributed by atoms with Gasteiger partial charge in [-0.05, 0) is 405 Å². The molecule has 3 aromatic rings. The van der Waals surface area contributed by atoms with Crippen LogP contribution in [0.5, 0.6) is 0 Å². The van der Waals surface area contributed by atoms with Crippen molar-refractivity contribution < 1.29 is 38.7 Å². The van der Waals surface area contributed by atoms with Gasteiger partial charge in [0.1, 0.15) is 0 Å². The van der Waals surface area contributed by atoms with E-state index in [1.807, 2.05) is 98.7 Å². The summed E-state index contributed by atoms with van der Waals surface area (Å²) in [5, 5.41) is 0. The van der Waals surface area contributed by atoms with Crippen molar-refractivity contribution >= 4 is 66.7 Å². The maximum absolute atomic E-state index is 14.9. The summed E-state index contributed by atoms with van der Waals surface area (Å²) in [6.45, 7) is 30.6. The van der Waals surface area contributed by atoms with Gasteiger partial charge in [0.15, 0.2) is 6.16 Å². The Labute approximate surface area is 756 Å². The standard InChI is InChI=1S/C40H53O3P.C21H28O2P.2C18H33P.C7H10.C2H5.2CH4.2ClH.Ru/c1-9-32-14-15-33(23-32)16-17-34-24-35(10-2)36(25-34)13-11-12-18-44(43,39(41)37-28(5)19-26(3)20-29(37)6)40(42)38-30(7)21-27(4)22-31(38)8;1-14-10-15(2)20(16(3)11-14)21(22)24(23)9-5-4-6-18-12-17-7-8-19(18)13-17;2*1-4-10-16(11-5-1)19(17-12-6-2-7-13-17)18-14-8-3-9-15-18;1-2-7-4-3-6(1)5-7;1-2;;;;;/h9-10,16-17,19-22,32-36H,1-2,11-15,18,23-25H2,3-8H3;7-8,10-11,17-19H,4-6,9,12-13H2,1-3H3;2*16-18H,1-15H2;1-2,6-7H,3-5H2;1H2,2H3;2*1H4;2*1H;/q;+1;;;;-1;;;;;+2/b17-16+;;;;;;;;;;/t;17-,18?,19-;;;6-,7+;;;;;;/m.0........./s1. The molecule has 0 amide bonds. The molecule has 0 aromatic heterocycles. The molecule has 120 heavy (non-hydrogen) atoms. The van der Waals surface area contributed by atoms with Gasteiger partial charge in [0.25, 0.3) is 0 Å². The van der Waals surface area contributed by atoms with Gasteiger partial charge in [0.2, 0.25) is 18.2 Å². The van der Waals surface area contributed by atoms with Crippen LogP contribution in [0.4, 0.5) is 0 Å². The molecule has 11 atom stereocenters. The number of fused-ring (bicyclic) bond motifs is 4. The van der Waals surface area contributed by atoms with E-state index >= 15 is 0 Å². The van der Waals surface area contributed by atoms with E-state index in [1.54, 1.807) is 200 Å². The maximum atomic E-state index is 14.9. The zero-order valence-corrected chi connectivity index (χ0v) is 83.0. The van der Waals surface area contributed by atoms with E-state index in [0.29, 0.717) is 58.9 Å². The predicted molar refractivity (Wildman–Crippen MR) is 531 cm³/mol. The normalized spacial score (nSPS) is 25.8. The summed E-state index contributed by atoms with van der Waals surface area (Å²) in [6.07, 6.45) is 85.7. The van der Waals surface area contributed by atoms with E-state index in [1.165, 1.54) is 91.7 Å². The minimum atomic E-state index is -3.93. The fraction of sp³-hybridized carbons (Fsp3) is 0.704. The minimum absolute atomic E-state index is 0. The molecular weight excluding hydrogens is 1670 g/mol. The van der Waals surface area contributed by atoms with Crippen molar-refractivity contribution in [1.82, 2.24) is 0 Å². The molecule has 12 aliphatic carbocycles. The van der Waals surface area contributed by atoms with E-state index in [2.05, 4.69) is 68.7 Å². The Morgan fingerprint density at radius 2 is 0.767 bits per heavy atom. The second kappa shape index (κ2) is 54.9. The van der Waals surface area contributed by atoms with Gasteiger partial charge >= 0.3 is 47.9 Å². The van der Waals surface area contributed by atoms with Gasteiger partial charge in [-0.25, -0.2) is 4.79 Å². The second-order valence-electron chi connectivity index (χ2n) is 39.5. The number of benzene rings is 3. The average molecular weight is 1850 g/mol. The first-order valence-electron chi connectivity index (χ1n) is 48.6. The fourth-order valence-electron chi connectivity index (χ4n) is 25.1. The zero-order chi connectivity index (χ0) is 84.7. The van der Waals surface area contributed by atoms with Gasteiger partial charge in [-0.15, -0.1) is 13.2 Å². The summed E-state index contributed by atoms with van der Waals surface area (Å²) in [6, 6.07) is 11.8. The van der Waals surface area contributed by atoms with Crippen LogP contribution in [-0.4, -0.2) is 62.9 Å². The van der Waals surface area contributed by atoms with Crippen molar-refractivity contribution in [3.8, 4) is 0 Å². The van der Waals surface area contributed by atoms with Gasteiger partial charge in [-0.2, -0.15) is 6.92 Å². The number of halogens is 2. The van der Waals surface area contributed by atoms with Crippen molar-refractivity contribution in [1.29, 1.82) is 0 Å². The zero-order valence-electron chi connectivity index (χ0n) is 75.9. The molecule has 5 nitrogen and oxygen atoms in total. The predicted octanol–water partition coefficient (Wildman–Crippen LogP) is 34.9. The van der Waals surface area contributed by atoms with Gasteiger partial charge < -0.3 is 11.5 Å². The van der Waals surface area contributed by atoms with E-state index in [9.17, 15) is 23.5 Å². The van der Waals surface area contributed by atoms with Crippen LogP contribution in [0.2, 0.25) is 0 Å². The average Bonchev–Trinajstić information content (AvgIpc) is 0.994. The summed E-state index contributed by atoms with van der Waals surface area (Å²) >= 11 is -0.346. The molecule has 7 unspecified atom stereocenters. The molecule has 3 aromatic carbocycles. The van der Waals surface area contributed by atoms with Crippen LogP contribution in [0.1, 0.15) is 398 Å². The molecule has 10 fully saturated rings. The summed E-state index contributed by atoms with van der Waals surface area (Å²) < 4.78 is 27.3. The van der Waals surface area contributed by atoms with Crippen LogP contribution in [-0.2, 0) is 24.3 Å². The molecule has 0 heterocycles. The monoisotopic (exact) mass is 1850 g/mol. The van der Waals surface area contributed by atoms with Gasteiger partial charge in [-0.3, -0.25) is 9.59 Å². The Balaban J connectivity index is 0.000000221. The van der Waals surface area contributed by atoms with E-state index in [-0.39, 0.29) is 57.5 Å². The molecule has 15 rings (SSSR count). The molecule has 674 valence electrons. The SMILES string of the molecule is C.C.C1=C[C@H]2CC[C@@H]1C2.C1CCC([PH+](C2CCCCC2)C2CCCCC2)CC1.C1CCC([PH+](C2CCCCC2)C2CCCCC2)CC1.C=CC1CCC(/C=C/C2CC(C=C)C(CCCCP(=O)(C(=O)c3c(C)cc(C)cc3C)C(=O)c3c(C)cc(C)cc3C)C2)C1.Cc1cc(C)c(C(=O)[P+](=O)CCCCC2C[C@@H]3C=C[C@H]2C3)c(C)c1.[CH2-]C.[Cl][Ru][Cl]. The third kappa shape index (κ3) is 31.0. The van der Waals surface area contributed by atoms with Crippen molar-refractivity contribution in [2.24, 2.45) is 59.2 Å². The molecule has 12 aliphatic rings. The Hall–Kier alpha value is -2.24. The molecule has 0 N–H and O–H groups in total. The fourth-order valence-corrected chi connectivity index (χ4v) is 39.6. The first-order valence-corrected chi connectivity index (χ1v) is 59.9. The van der Waals surface area contributed by atoms with E-state index in [4.69, 9.17) is 19.4 Å². The molecule has 10 saturated carbocycles. The number of hydrogen-bond acceptors (Lipinski definition) is 5. The Bertz CT molecular complexity index is 3470. The van der Waals surface area contributed by atoms with E-state index < -0.39 is 26.0 Å².